The quantitative estimate of drug-likeness (QED) is 0.845. The van der Waals surface area contributed by atoms with Gasteiger partial charge in [-0.3, -0.25) is 9.80 Å². The molecule has 24 heavy (non-hydrogen) atoms. The van der Waals surface area contributed by atoms with Crippen molar-refractivity contribution < 1.29 is 4.79 Å². The lowest BCUT2D eigenvalue weighted by Gasteiger charge is -2.42. The number of hydrazine groups is 1. The lowest BCUT2D eigenvalue weighted by atomic mass is 9.76. The van der Waals surface area contributed by atoms with E-state index in [-0.39, 0.29) is 5.78 Å². The largest absolute Gasteiger partial charge is 0.383 e. The first kappa shape index (κ1) is 16.7. The zero-order chi connectivity index (χ0) is 17.4. The monoisotopic (exact) mass is 386 g/mol. The zero-order valence-corrected chi connectivity index (χ0v) is 15.3. The molecule has 124 valence electrons. The van der Waals surface area contributed by atoms with Gasteiger partial charge in [0.2, 0.25) is 0 Å². The van der Waals surface area contributed by atoms with E-state index in [0.29, 0.717) is 23.4 Å². The Hall–Kier alpha value is -2.10. The summed E-state index contributed by atoms with van der Waals surface area (Å²) in [6.45, 7) is 0. The number of hydrogen-bond acceptors (Lipinski definition) is 5. The molecule has 3 rings (SSSR count). The van der Waals surface area contributed by atoms with Gasteiger partial charge < -0.3 is 5.73 Å². The highest BCUT2D eigenvalue weighted by atomic mass is 79.9. The molecule has 1 aliphatic carbocycles. The summed E-state index contributed by atoms with van der Waals surface area (Å²) in [5, 5.41) is 13.4. The molecule has 1 atom stereocenters. The third-order valence-electron chi connectivity index (χ3n) is 4.47. The van der Waals surface area contributed by atoms with Crippen LogP contribution < -0.4 is 5.73 Å². The minimum Gasteiger partial charge on any atom is -0.383 e. The van der Waals surface area contributed by atoms with E-state index in [0.717, 1.165) is 28.6 Å². The molecule has 1 aliphatic heterocycles. The predicted molar refractivity (Wildman–Crippen MR) is 95.1 cm³/mol. The molecule has 1 heterocycles. The first-order chi connectivity index (χ1) is 11.5. The van der Waals surface area contributed by atoms with Gasteiger partial charge in [0, 0.05) is 36.3 Å². The van der Waals surface area contributed by atoms with Crippen LogP contribution in [-0.2, 0) is 4.79 Å². The summed E-state index contributed by atoms with van der Waals surface area (Å²) in [4.78, 5) is 12.7. The molecule has 1 aromatic rings. The Morgan fingerprint density at radius 2 is 2.12 bits per heavy atom. The van der Waals surface area contributed by atoms with Gasteiger partial charge in [-0.2, -0.15) is 5.26 Å². The first-order valence-corrected chi connectivity index (χ1v) is 8.63. The maximum atomic E-state index is 12.7. The number of nitrogens with two attached hydrogens (primary N) is 1. The molecule has 5 nitrogen and oxygen atoms in total. The van der Waals surface area contributed by atoms with E-state index < -0.39 is 5.92 Å². The van der Waals surface area contributed by atoms with Crippen LogP contribution >= 0.6 is 15.9 Å². The third-order valence-corrected chi connectivity index (χ3v) is 4.96. The number of carbonyl (C=O) groups is 1. The standard InChI is InChI=1S/C18H19BrN4O/c1-22(2)23-14-7-4-8-15(24)17(14)16(13(10-20)18(23)21)11-5-3-6-12(19)9-11/h3,5-6,9,16H,4,7-8,21H2,1-2H3/t16-/m0/s1. The summed E-state index contributed by atoms with van der Waals surface area (Å²) in [7, 11) is 3.73. The van der Waals surface area contributed by atoms with Crippen molar-refractivity contribution in [3.05, 3.63) is 57.0 Å². The van der Waals surface area contributed by atoms with Crippen molar-refractivity contribution in [3.8, 4) is 6.07 Å². The van der Waals surface area contributed by atoms with E-state index in [4.69, 9.17) is 5.73 Å². The number of allylic oxidation sites excluding steroid dienone is 3. The minimum atomic E-state index is -0.397. The molecule has 0 unspecified atom stereocenters. The Kier molecular flexibility index (Phi) is 4.48. The third kappa shape index (κ3) is 2.64. The number of rotatable bonds is 2. The molecule has 0 amide bonds. The van der Waals surface area contributed by atoms with Gasteiger partial charge in [-0.05, 0) is 30.5 Å². The number of Topliss-reactive ketones (excluding diaryl/α,β-unsaturated/α-hetero) is 1. The number of halogens is 1. The molecular formula is C18H19BrN4O. The van der Waals surface area contributed by atoms with Crippen LogP contribution in [0, 0.1) is 11.3 Å². The van der Waals surface area contributed by atoms with Crippen molar-refractivity contribution in [2.45, 2.75) is 25.2 Å². The van der Waals surface area contributed by atoms with Crippen LogP contribution in [-0.4, -0.2) is 29.9 Å². The highest BCUT2D eigenvalue weighted by molar-refractivity contribution is 9.10. The van der Waals surface area contributed by atoms with Gasteiger partial charge in [0.25, 0.3) is 0 Å². The fourth-order valence-corrected chi connectivity index (χ4v) is 3.96. The number of nitriles is 1. The van der Waals surface area contributed by atoms with Crippen molar-refractivity contribution in [1.82, 2.24) is 10.0 Å². The van der Waals surface area contributed by atoms with Crippen LogP contribution in [0.3, 0.4) is 0 Å². The van der Waals surface area contributed by atoms with E-state index >= 15 is 0 Å². The minimum absolute atomic E-state index is 0.105. The summed E-state index contributed by atoms with van der Waals surface area (Å²) in [6, 6.07) is 9.98. The number of ketones is 1. The molecule has 1 aromatic carbocycles. The Balaban J connectivity index is 2.27. The Morgan fingerprint density at radius 3 is 2.75 bits per heavy atom. The highest BCUT2D eigenvalue weighted by Crippen LogP contribution is 2.45. The van der Waals surface area contributed by atoms with Crippen LogP contribution in [0.1, 0.15) is 30.7 Å². The molecule has 2 N–H and O–H groups in total. The van der Waals surface area contributed by atoms with Crippen molar-refractivity contribution in [2.75, 3.05) is 14.1 Å². The van der Waals surface area contributed by atoms with Crippen molar-refractivity contribution in [3.63, 3.8) is 0 Å². The van der Waals surface area contributed by atoms with Crippen LogP contribution in [0.15, 0.2) is 51.4 Å². The fourth-order valence-electron chi connectivity index (χ4n) is 3.54. The summed E-state index contributed by atoms with van der Waals surface area (Å²) in [5.41, 5.74) is 9.29. The van der Waals surface area contributed by atoms with Gasteiger partial charge in [0.1, 0.15) is 5.82 Å². The van der Waals surface area contributed by atoms with E-state index in [1.807, 2.05) is 43.4 Å². The predicted octanol–water partition coefficient (Wildman–Crippen LogP) is 3.03. The fraction of sp³-hybridized carbons (Fsp3) is 0.333. The summed E-state index contributed by atoms with van der Waals surface area (Å²) in [5.74, 6) is 0.112. The maximum absolute atomic E-state index is 12.7. The van der Waals surface area contributed by atoms with Crippen LogP contribution in [0.25, 0.3) is 0 Å². The molecule has 0 saturated carbocycles. The summed E-state index contributed by atoms with van der Waals surface area (Å²) < 4.78 is 0.913. The average Bonchev–Trinajstić information content (AvgIpc) is 2.53. The van der Waals surface area contributed by atoms with Crippen LogP contribution in [0.5, 0.6) is 0 Å². The van der Waals surface area contributed by atoms with Gasteiger partial charge in [0.05, 0.1) is 17.6 Å². The molecule has 0 spiro atoms. The molecule has 0 fully saturated rings. The van der Waals surface area contributed by atoms with Crippen LogP contribution in [0.2, 0.25) is 0 Å². The van der Waals surface area contributed by atoms with Gasteiger partial charge >= 0.3 is 0 Å². The van der Waals surface area contributed by atoms with Crippen molar-refractivity contribution >= 4 is 21.7 Å². The van der Waals surface area contributed by atoms with E-state index in [1.54, 1.807) is 5.01 Å². The molecule has 2 aliphatic rings. The summed E-state index contributed by atoms with van der Waals surface area (Å²) >= 11 is 3.47. The maximum Gasteiger partial charge on any atom is 0.161 e. The zero-order valence-electron chi connectivity index (χ0n) is 13.7. The van der Waals surface area contributed by atoms with Crippen molar-refractivity contribution in [1.29, 1.82) is 5.26 Å². The van der Waals surface area contributed by atoms with Crippen molar-refractivity contribution in [2.24, 2.45) is 5.73 Å². The van der Waals surface area contributed by atoms with E-state index in [9.17, 15) is 10.1 Å². The Morgan fingerprint density at radius 1 is 1.38 bits per heavy atom. The lowest BCUT2D eigenvalue weighted by Crippen LogP contribution is -2.45. The number of hydrogen-bond donors (Lipinski definition) is 1. The SMILES string of the molecule is CN(C)N1C(N)=C(C#N)[C@H](c2cccc(Br)c2)C2=C1CCCC2=O. The second-order valence-electron chi connectivity index (χ2n) is 6.19. The number of benzene rings is 1. The Bertz CT molecular complexity index is 803. The average molecular weight is 387 g/mol. The Labute approximate surface area is 150 Å². The highest BCUT2D eigenvalue weighted by Gasteiger charge is 2.40. The molecule has 0 saturated heterocycles. The summed E-state index contributed by atoms with van der Waals surface area (Å²) in [6.07, 6.45) is 2.11. The topological polar surface area (TPSA) is 73.4 Å². The second kappa shape index (κ2) is 6.42. The first-order valence-electron chi connectivity index (χ1n) is 7.84. The lowest BCUT2D eigenvalue weighted by molar-refractivity contribution is -0.116. The number of carbonyl (C=O) groups excluding carboxylic acids is 1. The van der Waals surface area contributed by atoms with Gasteiger partial charge in [0.15, 0.2) is 5.78 Å². The number of nitrogens with zero attached hydrogens (tertiary/aromatic N) is 3. The normalized spacial score (nSPS) is 21.2. The smallest absolute Gasteiger partial charge is 0.161 e. The van der Waals surface area contributed by atoms with Gasteiger partial charge in [-0.15, -0.1) is 0 Å². The molecule has 0 aromatic heterocycles. The molecule has 6 heteroatoms. The van der Waals surface area contributed by atoms with Gasteiger partial charge in [-0.25, -0.2) is 5.01 Å². The second-order valence-corrected chi connectivity index (χ2v) is 7.11. The molecule has 0 bridgehead atoms. The molecular weight excluding hydrogens is 368 g/mol. The van der Waals surface area contributed by atoms with E-state index in [1.165, 1.54) is 0 Å². The molecule has 0 radical (unpaired) electrons. The van der Waals surface area contributed by atoms with E-state index in [2.05, 4.69) is 22.0 Å². The van der Waals surface area contributed by atoms with Gasteiger partial charge in [-0.1, -0.05) is 28.1 Å². The van der Waals surface area contributed by atoms with Crippen LogP contribution in [0.4, 0.5) is 0 Å².